The van der Waals surface area contributed by atoms with Crippen LogP contribution in [0.1, 0.15) is 11.3 Å². The van der Waals surface area contributed by atoms with Crippen molar-refractivity contribution in [1.82, 2.24) is 24.9 Å². The molecule has 0 aliphatic rings. The molecule has 0 fully saturated rings. The quantitative estimate of drug-likeness (QED) is 0.221. The molecule has 0 saturated carbocycles. The van der Waals surface area contributed by atoms with Gasteiger partial charge in [-0.05, 0) is 42.7 Å². The summed E-state index contributed by atoms with van der Waals surface area (Å²) in [5.41, 5.74) is 8.64. The van der Waals surface area contributed by atoms with E-state index in [1.807, 2.05) is 61.5 Å². The van der Waals surface area contributed by atoms with Gasteiger partial charge in [-0.15, -0.1) is 0 Å². The third kappa shape index (κ3) is 4.37. The van der Waals surface area contributed by atoms with Gasteiger partial charge in [0.05, 0.1) is 11.0 Å². The Kier molecular flexibility index (Phi) is 5.82. The Labute approximate surface area is 232 Å². The van der Waals surface area contributed by atoms with Gasteiger partial charge in [0.2, 0.25) is 0 Å². The van der Waals surface area contributed by atoms with Crippen LogP contribution in [0, 0.1) is 13.8 Å². The van der Waals surface area contributed by atoms with Crippen LogP contribution in [0.5, 0.6) is 0 Å². The highest BCUT2D eigenvalue weighted by atomic mass is 15.0. The molecule has 5 heteroatoms. The molecular weight excluding hydrogens is 490 g/mol. The number of hydrogen-bond donors (Lipinski definition) is 0. The predicted octanol–water partition coefficient (Wildman–Crippen LogP) is 8.25. The molecule has 3 heterocycles. The Bertz CT molecular complexity index is 2000. The summed E-state index contributed by atoms with van der Waals surface area (Å²) in [6.45, 7) is 4.10. The van der Waals surface area contributed by atoms with Gasteiger partial charge >= 0.3 is 0 Å². The van der Waals surface area contributed by atoms with Crippen LogP contribution in [-0.4, -0.2) is 24.9 Å². The Hall–Kier alpha value is -5.29. The van der Waals surface area contributed by atoms with Crippen LogP contribution in [0.2, 0.25) is 0 Å². The van der Waals surface area contributed by atoms with E-state index in [-0.39, 0.29) is 0 Å². The second kappa shape index (κ2) is 9.79. The summed E-state index contributed by atoms with van der Waals surface area (Å²) in [7, 11) is 0. The third-order valence-electron chi connectivity index (χ3n) is 7.13. The van der Waals surface area contributed by atoms with Crippen LogP contribution in [0.15, 0.2) is 115 Å². The normalized spacial score (nSPS) is 11.2. The lowest BCUT2D eigenvalue weighted by Crippen LogP contribution is -2.02. The summed E-state index contributed by atoms with van der Waals surface area (Å²) in [5.74, 6) is 1.75. The molecule has 0 aliphatic carbocycles. The molecule has 7 rings (SSSR count). The summed E-state index contributed by atoms with van der Waals surface area (Å²) in [4.78, 5) is 24.6. The van der Waals surface area contributed by atoms with Gasteiger partial charge in [-0.1, -0.05) is 103 Å². The highest BCUT2D eigenvalue weighted by Crippen LogP contribution is 2.30. The molecule has 0 atom stereocenters. The number of aromatic nitrogens is 5. The van der Waals surface area contributed by atoms with Crippen molar-refractivity contribution >= 4 is 21.8 Å². The topological polar surface area (TPSA) is 64.5 Å². The molecule has 0 spiro atoms. The standard InChI is InChI=1S/C35H25N5/c1-22-21-30(37-32-29(22)20-19-26-14-13-23(2)36-31(26)32)35-39-33(27-11-7-4-8-12-27)38-34(40-35)28-17-15-25(16-18-28)24-9-5-3-6-10-24/h3-21H,1-2H3. The molecule has 0 radical (unpaired) electrons. The first kappa shape index (κ1) is 23.8. The molecule has 40 heavy (non-hydrogen) atoms. The number of fused-ring (bicyclic) bond motifs is 3. The zero-order valence-electron chi connectivity index (χ0n) is 22.2. The molecule has 0 amide bonds. The Morgan fingerprint density at radius 2 is 0.975 bits per heavy atom. The summed E-state index contributed by atoms with van der Waals surface area (Å²) in [6, 6.07) is 39.1. The maximum atomic E-state index is 5.08. The highest BCUT2D eigenvalue weighted by molar-refractivity contribution is 6.04. The summed E-state index contributed by atoms with van der Waals surface area (Å²) in [5, 5.41) is 2.13. The highest BCUT2D eigenvalue weighted by Gasteiger charge is 2.16. The summed E-state index contributed by atoms with van der Waals surface area (Å²) >= 11 is 0. The number of nitrogens with zero attached hydrogens (tertiary/aromatic N) is 5. The third-order valence-corrected chi connectivity index (χ3v) is 7.13. The Balaban J connectivity index is 1.41. The molecule has 0 aliphatic heterocycles. The molecule has 0 bridgehead atoms. The maximum absolute atomic E-state index is 5.08. The van der Waals surface area contributed by atoms with E-state index in [4.69, 9.17) is 24.9 Å². The van der Waals surface area contributed by atoms with Crippen LogP contribution >= 0.6 is 0 Å². The van der Waals surface area contributed by atoms with Crippen LogP contribution in [0.3, 0.4) is 0 Å². The van der Waals surface area contributed by atoms with Crippen LogP contribution in [0.25, 0.3) is 67.2 Å². The van der Waals surface area contributed by atoms with E-state index in [2.05, 4.69) is 67.6 Å². The van der Waals surface area contributed by atoms with Crippen molar-refractivity contribution in [3.8, 4) is 45.4 Å². The first-order valence-electron chi connectivity index (χ1n) is 13.3. The van der Waals surface area contributed by atoms with E-state index >= 15 is 0 Å². The molecule has 3 aromatic heterocycles. The molecule has 0 N–H and O–H groups in total. The van der Waals surface area contributed by atoms with Gasteiger partial charge in [0.1, 0.15) is 5.69 Å². The van der Waals surface area contributed by atoms with E-state index in [0.29, 0.717) is 23.2 Å². The van der Waals surface area contributed by atoms with Crippen molar-refractivity contribution in [2.24, 2.45) is 0 Å². The number of rotatable bonds is 4. The number of hydrogen-bond acceptors (Lipinski definition) is 5. The van der Waals surface area contributed by atoms with Gasteiger partial charge in [0, 0.05) is 27.6 Å². The second-order valence-corrected chi connectivity index (χ2v) is 9.93. The van der Waals surface area contributed by atoms with Gasteiger partial charge in [0.25, 0.3) is 0 Å². The molecule has 7 aromatic rings. The lowest BCUT2D eigenvalue weighted by molar-refractivity contribution is 1.06. The monoisotopic (exact) mass is 515 g/mol. The van der Waals surface area contributed by atoms with Crippen molar-refractivity contribution in [3.05, 3.63) is 127 Å². The first-order chi connectivity index (χ1) is 19.6. The number of benzene rings is 4. The van der Waals surface area contributed by atoms with Crippen LogP contribution < -0.4 is 0 Å². The lowest BCUT2D eigenvalue weighted by Gasteiger charge is -2.11. The maximum Gasteiger partial charge on any atom is 0.182 e. The predicted molar refractivity (Wildman–Crippen MR) is 162 cm³/mol. The fraction of sp³-hybridized carbons (Fsp3) is 0.0571. The molecule has 5 nitrogen and oxygen atoms in total. The summed E-state index contributed by atoms with van der Waals surface area (Å²) in [6.07, 6.45) is 0. The SMILES string of the molecule is Cc1ccc2ccc3c(C)cc(-c4nc(-c5ccccc5)nc(-c5ccc(-c6ccccc6)cc5)n4)nc3c2n1. The Morgan fingerprint density at radius 1 is 0.425 bits per heavy atom. The smallest absolute Gasteiger partial charge is 0.182 e. The van der Waals surface area contributed by atoms with Crippen molar-refractivity contribution in [2.75, 3.05) is 0 Å². The van der Waals surface area contributed by atoms with Crippen molar-refractivity contribution in [3.63, 3.8) is 0 Å². The molecule has 190 valence electrons. The van der Waals surface area contributed by atoms with E-state index in [1.54, 1.807) is 0 Å². The van der Waals surface area contributed by atoms with Gasteiger partial charge < -0.3 is 0 Å². The second-order valence-electron chi connectivity index (χ2n) is 9.93. The van der Waals surface area contributed by atoms with Crippen molar-refractivity contribution in [1.29, 1.82) is 0 Å². The average molecular weight is 516 g/mol. The Morgan fingerprint density at radius 3 is 1.68 bits per heavy atom. The van der Waals surface area contributed by atoms with E-state index in [1.165, 1.54) is 5.56 Å². The molecule has 4 aromatic carbocycles. The minimum absolute atomic E-state index is 0.533. The van der Waals surface area contributed by atoms with E-state index in [0.717, 1.165) is 49.8 Å². The van der Waals surface area contributed by atoms with Crippen molar-refractivity contribution < 1.29 is 0 Å². The van der Waals surface area contributed by atoms with Gasteiger partial charge in [-0.3, -0.25) is 4.98 Å². The van der Waals surface area contributed by atoms with Gasteiger partial charge in [0.15, 0.2) is 17.5 Å². The minimum Gasteiger partial charge on any atom is -0.251 e. The number of pyridine rings is 2. The first-order valence-corrected chi connectivity index (χ1v) is 13.3. The zero-order chi connectivity index (χ0) is 27.1. The van der Waals surface area contributed by atoms with E-state index < -0.39 is 0 Å². The van der Waals surface area contributed by atoms with E-state index in [9.17, 15) is 0 Å². The minimum atomic E-state index is 0.533. The van der Waals surface area contributed by atoms with Gasteiger partial charge in [-0.2, -0.15) is 0 Å². The largest absolute Gasteiger partial charge is 0.251 e. The fourth-order valence-electron chi connectivity index (χ4n) is 5.03. The number of aryl methyl sites for hydroxylation is 2. The lowest BCUT2D eigenvalue weighted by atomic mass is 10.0. The molecular formula is C35H25N5. The van der Waals surface area contributed by atoms with Crippen LogP contribution in [-0.2, 0) is 0 Å². The van der Waals surface area contributed by atoms with Gasteiger partial charge in [-0.25, -0.2) is 19.9 Å². The fourth-order valence-corrected chi connectivity index (χ4v) is 5.03. The molecule has 0 unspecified atom stereocenters. The average Bonchev–Trinajstić information content (AvgIpc) is 3.01. The summed E-state index contributed by atoms with van der Waals surface area (Å²) < 4.78 is 0. The van der Waals surface area contributed by atoms with Crippen molar-refractivity contribution in [2.45, 2.75) is 13.8 Å². The van der Waals surface area contributed by atoms with Crippen LogP contribution in [0.4, 0.5) is 0 Å². The zero-order valence-corrected chi connectivity index (χ0v) is 22.2. The molecule has 0 saturated heterocycles.